The van der Waals surface area contributed by atoms with Crippen LogP contribution in [-0.4, -0.2) is 5.84 Å². The van der Waals surface area contributed by atoms with E-state index in [0.717, 1.165) is 18.4 Å². The van der Waals surface area contributed by atoms with E-state index in [2.05, 4.69) is 10.3 Å². The van der Waals surface area contributed by atoms with Gasteiger partial charge in [0.15, 0.2) is 6.19 Å². The minimum atomic E-state index is -0.114. The fourth-order valence-electron chi connectivity index (χ4n) is 1.60. The summed E-state index contributed by atoms with van der Waals surface area (Å²) in [5.74, 6) is 0.679. The van der Waals surface area contributed by atoms with Crippen LogP contribution in [0.25, 0.3) is 0 Å². The average molecular weight is 284 g/mol. The largest absolute Gasteiger partial charge is 0.281 e. The number of aliphatic imine (C=N–C) groups is 1. The Kier molecular flexibility index (Phi) is 5.97. The number of nitrogens with one attached hydrogen (secondary N) is 1. The number of benzene rings is 1. The highest BCUT2D eigenvalue weighted by Gasteiger charge is 2.10. The molecule has 1 rings (SSSR count). The van der Waals surface area contributed by atoms with Crippen molar-refractivity contribution in [3.05, 3.63) is 33.8 Å². The van der Waals surface area contributed by atoms with Crippen molar-refractivity contribution in [1.29, 1.82) is 5.26 Å². The van der Waals surface area contributed by atoms with Crippen LogP contribution < -0.4 is 5.32 Å². The van der Waals surface area contributed by atoms with Gasteiger partial charge in [-0.2, -0.15) is 5.26 Å². The van der Waals surface area contributed by atoms with E-state index in [1.165, 1.54) is 0 Å². The zero-order chi connectivity index (χ0) is 13.5. The number of halogens is 2. The van der Waals surface area contributed by atoms with Gasteiger partial charge in [0.25, 0.3) is 0 Å². The first-order valence-corrected chi connectivity index (χ1v) is 6.50. The summed E-state index contributed by atoms with van der Waals surface area (Å²) in [6.45, 7) is 3.97. The Balaban J connectivity index is 2.94. The molecule has 0 aromatic heterocycles. The number of hydrogen-bond donors (Lipinski definition) is 1. The van der Waals surface area contributed by atoms with Crippen molar-refractivity contribution in [3.63, 3.8) is 0 Å². The second-order valence-corrected chi connectivity index (χ2v) is 4.75. The molecule has 0 spiro atoms. The molecule has 1 aromatic rings. The minimum Gasteiger partial charge on any atom is -0.281 e. The first kappa shape index (κ1) is 14.8. The lowest BCUT2D eigenvalue weighted by Gasteiger charge is -2.11. The Morgan fingerprint density at radius 1 is 1.50 bits per heavy atom. The zero-order valence-corrected chi connectivity index (χ0v) is 11.9. The smallest absolute Gasteiger partial charge is 0.182 e. The summed E-state index contributed by atoms with van der Waals surface area (Å²) in [5.41, 5.74) is 0.898. The van der Waals surface area contributed by atoms with Crippen molar-refractivity contribution in [2.24, 2.45) is 4.99 Å². The van der Waals surface area contributed by atoms with Gasteiger partial charge >= 0.3 is 0 Å². The molecule has 0 fully saturated rings. The Morgan fingerprint density at radius 2 is 2.22 bits per heavy atom. The lowest BCUT2D eigenvalue weighted by Crippen LogP contribution is -2.18. The Morgan fingerprint density at radius 3 is 2.78 bits per heavy atom. The van der Waals surface area contributed by atoms with E-state index in [-0.39, 0.29) is 6.04 Å². The number of hydrogen-bond acceptors (Lipinski definition) is 2. The van der Waals surface area contributed by atoms with Crippen LogP contribution in [0.5, 0.6) is 0 Å². The van der Waals surface area contributed by atoms with Gasteiger partial charge in [-0.3, -0.25) is 10.3 Å². The third kappa shape index (κ3) is 4.21. The molecule has 1 unspecified atom stereocenters. The molecule has 5 heteroatoms. The Bertz CT molecular complexity index is 478. The first-order valence-electron chi connectivity index (χ1n) is 5.75. The van der Waals surface area contributed by atoms with Crippen molar-refractivity contribution >= 4 is 29.0 Å². The molecular weight excluding hydrogens is 269 g/mol. The van der Waals surface area contributed by atoms with Crippen LogP contribution >= 0.6 is 23.2 Å². The molecule has 0 heterocycles. The maximum absolute atomic E-state index is 8.65. The molecule has 1 aromatic carbocycles. The van der Waals surface area contributed by atoms with Crippen LogP contribution in [0.15, 0.2) is 23.2 Å². The van der Waals surface area contributed by atoms with Gasteiger partial charge in [-0.15, -0.1) is 0 Å². The summed E-state index contributed by atoms with van der Waals surface area (Å²) >= 11 is 12.0. The van der Waals surface area contributed by atoms with Gasteiger partial charge in [0.05, 0.1) is 6.04 Å². The minimum absolute atomic E-state index is 0.114. The third-order valence-electron chi connectivity index (χ3n) is 2.45. The molecule has 96 valence electrons. The van der Waals surface area contributed by atoms with E-state index < -0.39 is 0 Å². The predicted octanol–water partition coefficient (Wildman–Crippen LogP) is 4.32. The first-order chi connectivity index (χ1) is 8.58. The fraction of sp³-hybridized carbons (Fsp3) is 0.385. The molecular formula is C13H15Cl2N3. The second-order valence-electron chi connectivity index (χ2n) is 3.90. The van der Waals surface area contributed by atoms with Crippen LogP contribution in [0, 0.1) is 11.5 Å². The predicted molar refractivity (Wildman–Crippen MR) is 76.0 cm³/mol. The van der Waals surface area contributed by atoms with Crippen LogP contribution in [0.3, 0.4) is 0 Å². The molecule has 18 heavy (non-hydrogen) atoms. The van der Waals surface area contributed by atoms with E-state index in [4.69, 9.17) is 28.5 Å². The Hall–Kier alpha value is -1.24. The molecule has 0 aliphatic rings. The summed E-state index contributed by atoms with van der Waals surface area (Å²) in [7, 11) is 0. The summed E-state index contributed by atoms with van der Waals surface area (Å²) in [6, 6.07) is 5.22. The molecule has 1 atom stereocenters. The molecule has 0 amide bonds. The summed E-state index contributed by atoms with van der Waals surface area (Å²) < 4.78 is 0. The third-order valence-corrected chi connectivity index (χ3v) is 3.01. The van der Waals surface area contributed by atoms with Crippen molar-refractivity contribution in [2.45, 2.75) is 32.7 Å². The second kappa shape index (κ2) is 7.25. The highest BCUT2D eigenvalue weighted by atomic mass is 35.5. The van der Waals surface area contributed by atoms with E-state index in [9.17, 15) is 0 Å². The standard InChI is InChI=1S/C13H15Cl2N3/c1-3-4-13(17-8-16)18-9(2)11-6-5-10(14)7-12(11)15/h5-7,9H,3-4H2,1-2H3,(H,17,18). The fourth-order valence-corrected chi connectivity index (χ4v) is 2.17. The zero-order valence-electron chi connectivity index (χ0n) is 10.4. The Labute approximate surface area is 117 Å². The molecule has 0 saturated carbocycles. The SMILES string of the molecule is CCCC(=NC(C)c1ccc(Cl)cc1Cl)NC#N. The van der Waals surface area contributed by atoms with Crippen LogP contribution in [0.4, 0.5) is 0 Å². The monoisotopic (exact) mass is 283 g/mol. The average Bonchev–Trinajstić information content (AvgIpc) is 2.29. The van der Waals surface area contributed by atoms with E-state index >= 15 is 0 Å². The molecule has 3 nitrogen and oxygen atoms in total. The van der Waals surface area contributed by atoms with E-state index in [0.29, 0.717) is 15.9 Å². The van der Waals surface area contributed by atoms with Crippen LogP contribution in [0.2, 0.25) is 10.0 Å². The van der Waals surface area contributed by atoms with E-state index in [1.54, 1.807) is 12.1 Å². The van der Waals surface area contributed by atoms with E-state index in [1.807, 2.05) is 26.1 Å². The van der Waals surface area contributed by atoms with Gasteiger partial charge < -0.3 is 0 Å². The molecule has 1 N–H and O–H groups in total. The number of nitriles is 1. The number of nitrogens with zero attached hydrogens (tertiary/aromatic N) is 2. The summed E-state index contributed by atoms with van der Waals surface area (Å²) in [5, 5.41) is 12.4. The van der Waals surface area contributed by atoms with Crippen molar-refractivity contribution in [2.75, 3.05) is 0 Å². The number of amidine groups is 1. The van der Waals surface area contributed by atoms with Gasteiger partial charge in [0, 0.05) is 16.5 Å². The molecule has 0 bridgehead atoms. The quantitative estimate of drug-likeness (QED) is 0.387. The normalized spacial score (nSPS) is 12.9. The van der Waals surface area contributed by atoms with Gasteiger partial charge in [-0.25, -0.2) is 0 Å². The summed E-state index contributed by atoms with van der Waals surface area (Å²) in [6.07, 6.45) is 3.56. The van der Waals surface area contributed by atoms with Crippen molar-refractivity contribution in [1.82, 2.24) is 5.32 Å². The highest BCUT2D eigenvalue weighted by Crippen LogP contribution is 2.28. The maximum atomic E-state index is 8.65. The van der Waals surface area contributed by atoms with Crippen molar-refractivity contribution < 1.29 is 0 Å². The summed E-state index contributed by atoms with van der Waals surface area (Å²) in [4.78, 5) is 4.47. The van der Waals surface area contributed by atoms with Gasteiger partial charge in [-0.1, -0.05) is 36.2 Å². The molecule has 0 aliphatic carbocycles. The highest BCUT2D eigenvalue weighted by molar-refractivity contribution is 6.35. The molecule has 0 radical (unpaired) electrons. The van der Waals surface area contributed by atoms with Gasteiger partial charge in [0.2, 0.25) is 0 Å². The van der Waals surface area contributed by atoms with Gasteiger partial charge in [-0.05, 0) is 31.0 Å². The van der Waals surface area contributed by atoms with Crippen molar-refractivity contribution in [3.8, 4) is 6.19 Å². The number of rotatable bonds is 4. The molecule has 0 aliphatic heterocycles. The molecule has 0 saturated heterocycles. The lowest BCUT2D eigenvalue weighted by molar-refractivity contribution is 0.799. The topological polar surface area (TPSA) is 48.2 Å². The lowest BCUT2D eigenvalue weighted by atomic mass is 10.1. The van der Waals surface area contributed by atoms with Gasteiger partial charge in [0.1, 0.15) is 5.84 Å². The van der Waals surface area contributed by atoms with Crippen LogP contribution in [-0.2, 0) is 0 Å². The maximum Gasteiger partial charge on any atom is 0.182 e. The van der Waals surface area contributed by atoms with Crippen LogP contribution in [0.1, 0.15) is 38.3 Å².